The van der Waals surface area contributed by atoms with Crippen LogP contribution in [-0.4, -0.2) is 305 Å². The van der Waals surface area contributed by atoms with Crippen molar-refractivity contribution < 1.29 is 215 Å². The van der Waals surface area contributed by atoms with Crippen LogP contribution in [0.5, 0.6) is 0 Å². The maximum Gasteiger partial charge on any atom is 2.00 e. The van der Waals surface area contributed by atoms with Gasteiger partial charge >= 0.3 is 113 Å². The van der Waals surface area contributed by atoms with Crippen molar-refractivity contribution in [3.05, 3.63) is 143 Å². The normalized spacial score (nSPS) is 12.0. The van der Waals surface area contributed by atoms with Crippen molar-refractivity contribution in [2.24, 2.45) is 0 Å². The molecule has 6 aromatic rings. The van der Waals surface area contributed by atoms with E-state index in [1.54, 1.807) is 0 Å². The first-order valence-corrected chi connectivity index (χ1v) is 40.3. The van der Waals surface area contributed by atoms with Gasteiger partial charge in [0.05, 0.1) is 35.8 Å². The van der Waals surface area contributed by atoms with Gasteiger partial charge in [-0.25, -0.2) is 0 Å². The molecule has 0 aliphatic heterocycles. The molecule has 105 heavy (non-hydrogen) atoms. The van der Waals surface area contributed by atoms with Gasteiger partial charge < -0.3 is 59.4 Å². The second-order valence-corrected chi connectivity index (χ2v) is 33.7. The van der Waals surface area contributed by atoms with Crippen molar-refractivity contribution in [3.63, 3.8) is 0 Å². The van der Waals surface area contributed by atoms with Gasteiger partial charge in [0.2, 0.25) is 0 Å². The zero-order valence-corrected chi connectivity index (χ0v) is 65.9. The molecular weight excluding hydrogens is 1780 g/mol. The molecule has 0 atom stereocenters. The summed E-state index contributed by atoms with van der Waals surface area (Å²) in [4.78, 5) is 47.5. The maximum atomic E-state index is 10.9. The molecule has 0 saturated carbocycles. The van der Waals surface area contributed by atoms with Crippen LogP contribution in [0.4, 0.5) is 0 Å². The van der Waals surface area contributed by atoms with Crippen LogP contribution < -0.4 is 30.6 Å². The van der Waals surface area contributed by atoms with E-state index < -0.39 is 249 Å². The fourth-order valence-electron chi connectivity index (χ4n) is 6.87. The van der Waals surface area contributed by atoms with Gasteiger partial charge in [0, 0.05) is 33.4 Å². The van der Waals surface area contributed by atoms with Gasteiger partial charge in [0.15, 0.2) is 0 Å². The Balaban J connectivity index is -0.00000118. The number of rotatable bonds is 18. The molecule has 0 aromatic heterocycles. The van der Waals surface area contributed by atoms with Crippen molar-refractivity contribution in [3.8, 4) is 0 Å². The fourth-order valence-corrected chi connectivity index (χ4v) is 18.7. The average Bonchev–Trinajstić information content (AvgIpc) is 0.821. The number of aromatic carboxylic acids is 6. The number of benzene rings is 6. The zero-order chi connectivity index (χ0) is 80.6. The maximum absolute atomic E-state index is 10.9. The van der Waals surface area contributed by atoms with E-state index in [0.29, 0.717) is 72.8 Å². The topological polar surface area (TPSA) is 893 Å². The summed E-state index contributed by atoms with van der Waals surface area (Å²) in [5.74, 6) is -12.1. The standard InChI is InChI=1S/6C7H6O8S2.3Ca/c6*8-7(9)4-2-1-3-5(16(10,11)12)6(4)17(13,14)15;;;/h6*1-3H,(H,8,9)(H,10,11,12)(H,13,14,15);;;/q;;;;;;3*+2/p-6. The third-order valence-electron chi connectivity index (χ3n) is 10.4. The van der Waals surface area contributed by atoms with E-state index in [-0.39, 0.29) is 113 Å². The first kappa shape index (κ1) is 104. The van der Waals surface area contributed by atoms with E-state index in [4.69, 9.17) is 54.6 Å². The van der Waals surface area contributed by atoms with Crippen molar-refractivity contribution in [1.82, 2.24) is 0 Å². The van der Waals surface area contributed by atoms with Crippen molar-refractivity contribution in [1.29, 1.82) is 0 Å². The molecule has 0 unspecified atom stereocenters. The largest absolute Gasteiger partial charge is 2.00 e. The molecule has 0 fully saturated rings. The van der Waals surface area contributed by atoms with Gasteiger partial charge in [-0.15, -0.1) is 0 Å². The van der Waals surface area contributed by atoms with E-state index in [1.165, 1.54) is 0 Å². The molecule has 6 aromatic carbocycles. The molecule has 12 N–H and O–H groups in total. The minimum Gasteiger partial charge on any atom is -0.545 e. The minimum atomic E-state index is -5.15. The van der Waals surface area contributed by atoms with E-state index in [2.05, 4.69) is 0 Å². The molecule has 0 heterocycles. The van der Waals surface area contributed by atoms with Crippen LogP contribution in [-0.2, 0) is 121 Å². The summed E-state index contributed by atoms with van der Waals surface area (Å²) in [6, 6.07) is 13.3. The first-order valence-electron chi connectivity index (χ1n) is 23.1. The van der Waals surface area contributed by atoms with Crippen LogP contribution in [0.2, 0.25) is 0 Å². The Morgan fingerprint density at radius 3 is 0.324 bits per heavy atom. The summed E-state index contributed by atoms with van der Waals surface area (Å²) in [6.07, 6.45) is 0. The van der Waals surface area contributed by atoms with Crippen molar-refractivity contribution in [2.75, 3.05) is 0 Å². The SMILES string of the molecule is O=C([O-])c1cccc(S(=O)(=O)O)c1S(=O)(=O)O.O=C([O-])c1cccc(S(=O)(=O)O)c1S(=O)(=O)O.O=C([O-])c1cccc(S(=O)(=O)O)c1S(=O)(=O)O.O=C([O-])c1cccc(S(=O)(=O)O)c1S(=O)(=O)O.O=C([O-])c1cccc(S(=O)(=O)O)c1S(=O)(=O)O.O=C([O-])c1cccc(S(=O)(=O)O)c1S(=O)(=O)O.[Ca+2].[Ca+2].[Ca+2]. The first-order chi connectivity index (χ1) is 45.3. The molecule has 6 rings (SSSR count). The smallest absolute Gasteiger partial charge is 0.545 e. The Bertz CT molecular complexity index is 4980. The Kier molecular flexibility index (Phi) is 38.1. The van der Waals surface area contributed by atoms with E-state index in [0.717, 1.165) is 36.4 Å². The Labute approximate surface area is 678 Å². The third kappa shape index (κ3) is 30.3. The molecular formula is C42H30Ca3O48S12. The summed E-state index contributed by atoms with van der Waals surface area (Å²) in [5, 5.41) is 63.5. The third-order valence-corrected chi connectivity index (χ3v) is 22.3. The van der Waals surface area contributed by atoms with Crippen LogP contribution in [0.25, 0.3) is 0 Å². The summed E-state index contributed by atoms with van der Waals surface area (Å²) in [7, 11) is -60.9. The molecule has 48 nitrogen and oxygen atoms in total. The van der Waals surface area contributed by atoms with Crippen LogP contribution in [0.1, 0.15) is 62.1 Å². The van der Waals surface area contributed by atoms with Crippen LogP contribution >= 0.6 is 0 Å². The quantitative estimate of drug-likeness (QED) is 0.0281. The number of carbonyl (C=O) groups is 6. The summed E-state index contributed by atoms with van der Waals surface area (Å²) in [6.45, 7) is 0. The molecule has 0 bridgehead atoms. The minimum absolute atomic E-state index is 0. The summed E-state index contributed by atoms with van der Waals surface area (Å²) < 4.78 is 366. The average molecular weight is 1810 g/mol. The monoisotopic (exact) mass is 1810 g/mol. The molecule has 0 radical (unpaired) electrons. The van der Waals surface area contributed by atoms with Crippen molar-refractivity contribution in [2.45, 2.75) is 58.7 Å². The molecule has 0 aliphatic carbocycles. The Morgan fingerprint density at radius 1 is 0.181 bits per heavy atom. The summed E-state index contributed by atoms with van der Waals surface area (Å²) in [5.41, 5.74) is -6.40. The van der Waals surface area contributed by atoms with Gasteiger partial charge in [-0.1, -0.05) is 72.8 Å². The van der Waals surface area contributed by atoms with Crippen LogP contribution in [0.15, 0.2) is 168 Å². The van der Waals surface area contributed by atoms with Gasteiger partial charge in [-0.05, 0) is 36.4 Å². The number of carboxylic acid groups (broad SMARTS) is 6. The van der Waals surface area contributed by atoms with E-state index in [1.807, 2.05) is 0 Å². The van der Waals surface area contributed by atoms with Crippen LogP contribution in [0.3, 0.4) is 0 Å². The molecule has 0 amide bonds. The Morgan fingerprint density at radius 2 is 0.267 bits per heavy atom. The zero-order valence-electron chi connectivity index (χ0n) is 49.5. The van der Waals surface area contributed by atoms with Gasteiger partial charge in [-0.2, -0.15) is 101 Å². The summed E-state index contributed by atoms with van der Waals surface area (Å²) >= 11 is 0. The molecule has 0 aliphatic rings. The van der Waals surface area contributed by atoms with E-state index in [9.17, 15) is 160 Å². The predicted molar refractivity (Wildman–Crippen MR) is 320 cm³/mol. The molecule has 0 spiro atoms. The van der Waals surface area contributed by atoms with Gasteiger partial charge in [-0.3, -0.25) is 54.6 Å². The van der Waals surface area contributed by atoms with Gasteiger partial charge in [0.1, 0.15) is 58.7 Å². The molecule has 63 heteroatoms. The molecule has 564 valence electrons. The van der Waals surface area contributed by atoms with Gasteiger partial charge in [0.25, 0.3) is 121 Å². The van der Waals surface area contributed by atoms with Crippen molar-refractivity contribution >= 4 is 270 Å². The second kappa shape index (κ2) is 38.5. The predicted octanol–water partition coefficient (Wildman–Crippen LogP) is -9.88. The number of hydrogen-bond donors (Lipinski definition) is 12. The molecule has 0 saturated heterocycles. The number of carboxylic acids is 6. The van der Waals surface area contributed by atoms with Crippen LogP contribution in [0, 0.1) is 0 Å². The Hall–Kier alpha value is -5.16. The number of hydrogen-bond acceptors (Lipinski definition) is 36. The number of carbonyl (C=O) groups excluding carboxylic acids is 6. The fraction of sp³-hybridized carbons (Fsp3) is 0. The van der Waals surface area contributed by atoms with E-state index >= 15 is 0 Å². The second-order valence-electron chi connectivity index (χ2n) is 17.2.